The monoisotopic (exact) mass is 322 g/mol. The van der Waals surface area contributed by atoms with Crippen molar-refractivity contribution in [3.8, 4) is 0 Å². The average molecular weight is 322 g/mol. The Morgan fingerprint density at radius 2 is 1.79 bits per heavy atom. The average Bonchev–Trinajstić information content (AvgIpc) is 3.10. The van der Waals surface area contributed by atoms with Gasteiger partial charge in [0.05, 0.1) is 12.6 Å². The fourth-order valence-corrected chi connectivity index (χ4v) is 3.15. The Balaban J connectivity index is 1.60. The van der Waals surface area contributed by atoms with E-state index in [0.29, 0.717) is 5.56 Å². The fourth-order valence-electron chi connectivity index (χ4n) is 3.15. The Hall–Kier alpha value is -2.62. The van der Waals surface area contributed by atoms with E-state index < -0.39 is 0 Å². The van der Waals surface area contributed by atoms with Crippen LogP contribution in [0.15, 0.2) is 54.6 Å². The smallest absolute Gasteiger partial charge is 0.251 e. The summed E-state index contributed by atoms with van der Waals surface area (Å²) < 4.78 is 0. The van der Waals surface area contributed by atoms with Gasteiger partial charge in [-0.15, -0.1) is 0 Å². The maximum atomic E-state index is 12.5. The normalized spacial score (nSPS) is 16.9. The lowest BCUT2D eigenvalue weighted by Gasteiger charge is -2.25. The maximum Gasteiger partial charge on any atom is 0.251 e. The molecule has 3 rings (SSSR count). The molecule has 4 nitrogen and oxygen atoms in total. The summed E-state index contributed by atoms with van der Waals surface area (Å²) in [5.41, 5.74) is 2.84. The highest BCUT2D eigenvalue weighted by molar-refractivity contribution is 5.96. The van der Waals surface area contributed by atoms with Crippen LogP contribution in [0.5, 0.6) is 0 Å². The third kappa shape index (κ3) is 3.65. The molecule has 1 aliphatic heterocycles. The van der Waals surface area contributed by atoms with E-state index in [9.17, 15) is 9.59 Å². The number of nitrogens with zero attached hydrogens (tertiary/aromatic N) is 1. The largest absolute Gasteiger partial charge is 0.343 e. The molecule has 2 amide bonds. The van der Waals surface area contributed by atoms with E-state index in [1.165, 1.54) is 0 Å². The lowest BCUT2D eigenvalue weighted by atomic mass is 10.0. The number of carbonyl (C=O) groups is 2. The molecule has 1 fully saturated rings. The lowest BCUT2D eigenvalue weighted by Crippen LogP contribution is -2.39. The zero-order chi connectivity index (χ0) is 16.9. The van der Waals surface area contributed by atoms with E-state index in [4.69, 9.17) is 0 Å². The molecule has 0 spiro atoms. The molecule has 0 aliphatic carbocycles. The van der Waals surface area contributed by atoms with Gasteiger partial charge >= 0.3 is 0 Å². The van der Waals surface area contributed by atoms with Gasteiger partial charge in [-0.05, 0) is 37.5 Å². The van der Waals surface area contributed by atoms with E-state index in [1.807, 2.05) is 42.2 Å². The minimum Gasteiger partial charge on any atom is -0.343 e. The molecule has 1 N–H and O–H groups in total. The first-order valence-electron chi connectivity index (χ1n) is 8.34. The molecule has 1 unspecified atom stereocenters. The maximum absolute atomic E-state index is 12.5. The first-order valence-corrected chi connectivity index (χ1v) is 8.34. The summed E-state index contributed by atoms with van der Waals surface area (Å²) in [5, 5.41) is 2.74. The molecule has 1 heterocycles. The highest BCUT2D eigenvalue weighted by Crippen LogP contribution is 2.31. The van der Waals surface area contributed by atoms with Crippen LogP contribution in [-0.2, 0) is 4.79 Å². The van der Waals surface area contributed by atoms with Crippen molar-refractivity contribution in [1.82, 2.24) is 10.2 Å². The zero-order valence-corrected chi connectivity index (χ0v) is 13.9. The van der Waals surface area contributed by atoms with Gasteiger partial charge in [0.1, 0.15) is 0 Å². The first-order chi connectivity index (χ1) is 11.6. The summed E-state index contributed by atoms with van der Waals surface area (Å²) in [7, 11) is 0. The van der Waals surface area contributed by atoms with E-state index in [1.54, 1.807) is 12.1 Å². The lowest BCUT2D eigenvalue weighted by molar-refractivity contribution is -0.131. The number of aryl methyl sites for hydroxylation is 1. The number of hydrogen-bond acceptors (Lipinski definition) is 2. The van der Waals surface area contributed by atoms with Crippen molar-refractivity contribution >= 4 is 11.8 Å². The van der Waals surface area contributed by atoms with Crippen molar-refractivity contribution < 1.29 is 9.59 Å². The molecule has 2 aromatic rings. The summed E-state index contributed by atoms with van der Waals surface area (Å²) >= 11 is 0. The van der Waals surface area contributed by atoms with Crippen LogP contribution in [0.1, 0.15) is 40.4 Å². The van der Waals surface area contributed by atoms with Crippen molar-refractivity contribution in [2.75, 3.05) is 13.1 Å². The minimum absolute atomic E-state index is 0.0261. The number of amides is 2. The van der Waals surface area contributed by atoms with E-state index in [-0.39, 0.29) is 24.4 Å². The van der Waals surface area contributed by atoms with Crippen LogP contribution in [-0.4, -0.2) is 29.8 Å². The molecular formula is C20H22N2O2. The van der Waals surface area contributed by atoms with E-state index >= 15 is 0 Å². The van der Waals surface area contributed by atoms with E-state index in [0.717, 1.165) is 30.5 Å². The van der Waals surface area contributed by atoms with Crippen molar-refractivity contribution in [2.45, 2.75) is 25.8 Å². The van der Waals surface area contributed by atoms with Crippen molar-refractivity contribution in [3.63, 3.8) is 0 Å². The molecule has 0 bridgehead atoms. The van der Waals surface area contributed by atoms with Crippen LogP contribution >= 0.6 is 0 Å². The first kappa shape index (κ1) is 16.2. The Morgan fingerprint density at radius 1 is 1.08 bits per heavy atom. The number of carbonyl (C=O) groups excluding carboxylic acids is 2. The van der Waals surface area contributed by atoms with Gasteiger partial charge in [-0.3, -0.25) is 9.59 Å². The zero-order valence-electron chi connectivity index (χ0n) is 13.9. The van der Waals surface area contributed by atoms with Gasteiger partial charge in [0.25, 0.3) is 5.91 Å². The van der Waals surface area contributed by atoms with Gasteiger partial charge in [0, 0.05) is 12.1 Å². The number of nitrogens with one attached hydrogen (secondary N) is 1. The second-order valence-electron chi connectivity index (χ2n) is 6.20. The molecule has 0 aromatic heterocycles. The summed E-state index contributed by atoms with van der Waals surface area (Å²) in [4.78, 5) is 26.6. The summed E-state index contributed by atoms with van der Waals surface area (Å²) in [6.45, 7) is 2.76. The van der Waals surface area contributed by atoms with Crippen LogP contribution in [0.25, 0.3) is 0 Å². The van der Waals surface area contributed by atoms with Crippen molar-refractivity contribution in [1.29, 1.82) is 0 Å². The Labute approximate surface area is 142 Å². The number of hydrogen-bond donors (Lipinski definition) is 1. The number of likely N-dealkylation sites (tertiary alicyclic amines) is 1. The molecule has 2 aromatic carbocycles. The molecule has 1 aliphatic rings. The highest BCUT2D eigenvalue weighted by atomic mass is 16.2. The molecule has 124 valence electrons. The standard InChI is InChI=1S/C20H22N2O2/c1-15-9-11-17(12-10-15)20(24)21-14-19(23)22-13-5-8-18(22)16-6-3-2-4-7-16/h2-4,6-7,9-12,18H,5,8,13-14H2,1H3,(H,21,24). The quantitative estimate of drug-likeness (QED) is 0.940. The van der Waals surface area contributed by atoms with Crippen molar-refractivity contribution in [3.05, 3.63) is 71.3 Å². The summed E-state index contributed by atoms with van der Waals surface area (Å²) in [6.07, 6.45) is 1.97. The van der Waals surface area contributed by atoms with Crippen LogP contribution < -0.4 is 5.32 Å². The molecule has 4 heteroatoms. The van der Waals surface area contributed by atoms with Crippen molar-refractivity contribution in [2.24, 2.45) is 0 Å². The fraction of sp³-hybridized carbons (Fsp3) is 0.300. The molecule has 24 heavy (non-hydrogen) atoms. The summed E-state index contributed by atoms with van der Waals surface area (Å²) in [6, 6.07) is 17.5. The molecule has 1 saturated heterocycles. The summed E-state index contributed by atoms with van der Waals surface area (Å²) in [5.74, 6) is -0.236. The van der Waals surface area contributed by atoms with Gasteiger partial charge < -0.3 is 10.2 Å². The van der Waals surface area contributed by atoms with Gasteiger partial charge in [0.2, 0.25) is 5.91 Å². The van der Waals surface area contributed by atoms with Crippen LogP contribution in [0.2, 0.25) is 0 Å². The van der Waals surface area contributed by atoms with Gasteiger partial charge in [-0.25, -0.2) is 0 Å². The molecule has 0 radical (unpaired) electrons. The van der Waals surface area contributed by atoms with Crippen LogP contribution in [0.4, 0.5) is 0 Å². The van der Waals surface area contributed by atoms with Crippen LogP contribution in [0, 0.1) is 6.92 Å². The Bertz CT molecular complexity index is 710. The third-order valence-electron chi connectivity index (χ3n) is 4.47. The topological polar surface area (TPSA) is 49.4 Å². The van der Waals surface area contributed by atoms with Crippen LogP contribution in [0.3, 0.4) is 0 Å². The second-order valence-corrected chi connectivity index (χ2v) is 6.20. The highest BCUT2D eigenvalue weighted by Gasteiger charge is 2.29. The number of rotatable bonds is 4. The third-order valence-corrected chi connectivity index (χ3v) is 4.47. The predicted octanol–water partition coefficient (Wildman–Crippen LogP) is 3.09. The van der Waals surface area contributed by atoms with Gasteiger partial charge in [0.15, 0.2) is 0 Å². The van der Waals surface area contributed by atoms with Gasteiger partial charge in [-0.2, -0.15) is 0 Å². The molecule has 0 saturated carbocycles. The molecular weight excluding hydrogens is 300 g/mol. The minimum atomic E-state index is -0.209. The Morgan fingerprint density at radius 3 is 2.50 bits per heavy atom. The SMILES string of the molecule is Cc1ccc(C(=O)NCC(=O)N2CCCC2c2ccccc2)cc1. The van der Waals surface area contributed by atoms with E-state index in [2.05, 4.69) is 17.4 Å². The second kappa shape index (κ2) is 7.30. The Kier molecular flexibility index (Phi) is 4.94. The number of benzene rings is 2. The van der Waals surface area contributed by atoms with Gasteiger partial charge in [-0.1, -0.05) is 48.0 Å². The molecule has 1 atom stereocenters. The predicted molar refractivity (Wildman–Crippen MR) is 93.6 cm³/mol.